The Balaban J connectivity index is 3.32. The number of esters is 1. The molecule has 0 heterocycles. The molecule has 6 heteroatoms. The first kappa shape index (κ1) is 77.3. The van der Waals surface area contributed by atoms with Crippen molar-refractivity contribution in [2.24, 2.45) is 0 Å². The Bertz CT molecular complexity index is 1230. The topological polar surface area (TPSA) is 95.9 Å². The molecule has 0 bridgehead atoms. The molecule has 0 aromatic carbocycles. The predicted molar refractivity (Wildman–Crippen MR) is 347 cm³/mol. The zero-order valence-electron chi connectivity index (χ0n) is 53.6. The van der Waals surface area contributed by atoms with E-state index in [4.69, 9.17) is 4.74 Å². The summed E-state index contributed by atoms with van der Waals surface area (Å²) < 4.78 is 5.49. The molecular weight excluding hydrogens is 971 g/mol. The number of carbonyl (C=O) groups is 2. The summed E-state index contributed by atoms with van der Waals surface area (Å²) in [5.74, 6) is -0.0170. The molecule has 79 heavy (non-hydrogen) atoms. The van der Waals surface area contributed by atoms with Crippen LogP contribution in [0.3, 0.4) is 0 Å². The highest BCUT2D eigenvalue weighted by atomic mass is 16.5. The van der Waals surface area contributed by atoms with E-state index in [1.807, 2.05) is 0 Å². The van der Waals surface area contributed by atoms with Gasteiger partial charge in [-0.15, -0.1) is 0 Å². The van der Waals surface area contributed by atoms with Crippen molar-refractivity contribution in [3.8, 4) is 0 Å². The number of rotatable bonds is 68. The molecule has 0 fully saturated rings. The molecule has 0 aromatic heterocycles. The molecule has 3 N–H and O–H groups in total. The Morgan fingerprint density at radius 2 is 0.595 bits per heavy atom. The zero-order valence-corrected chi connectivity index (χ0v) is 53.6. The van der Waals surface area contributed by atoms with Crippen LogP contribution in [0, 0.1) is 0 Å². The van der Waals surface area contributed by atoms with Gasteiger partial charge in [-0.3, -0.25) is 9.59 Å². The number of aliphatic hydroxyl groups excluding tert-OH is 2. The summed E-state index contributed by atoms with van der Waals surface area (Å²) in [6.07, 6.45) is 86.8. The molecule has 0 radical (unpaired) electrons. The first-order valence-corrected chi connectivity index (χ1v) is 36.1. The third-order valence-electron chi connectivity index (χ3n) is 17.0. The van der Waals surface area contributed by atoms with E-state index in [1.54, 1.807) is 0 Å². The molecule has 1 amide bonds. The van der Waals surface area contributed by atoms with Crippen molar-refractivity contribution < 1.29 is 24.5 Å². The van der Waals surface area contributed by atoms with Gasteiger partial charge >= 0.3 is 5.97 Å². The van der Waals surface area contributed by atoms with Crippen LogP contribution in [-0.2, 0) is 14.3 Å². The van der Waals surface area contributed by atoms with Crippen molar-refractivity contribution in [2.75, 3.05) is 13.2 Å². The molecule has 2 atom stereocenters. The smallest absolute Gasteiger partial charge is 0.305 e. The quantitative estimate of drug-likeness (QED) is 0.0320. The summed E-state index contributed by atoms with van der Waals surface area (Å²) in [4.78, 5) is 24.5. The van der Waals surface area contributed by atoms with E-state index in [9.17, 15) is 19.8 Å². The second kappa shape index (κ2) is 68.8. The van der Waals surface area contributed by atoms with Crippen molar-refractivity contribution in [1.29, 1.82) is 0 Å². The van der Waals surface area contributed by atoms with E-state index < -0.39 is 12.1 Å². The van der Waals surface area contributed by atoms with E-state index in [-0.39, 0.29) is 18.5 Å². The van der Waals surface area contributed by atoms with Crippen LogP contribution in [0.2, 0.25) is 0 Å². The molecule has 0 saturated heterocycles. The SMILES string of the molecule is CCCCCCC/C=C\CCCCCCCC(=O)OCCCCCCCCCCCCCCCC/C=C\CCCCCCCCCCCCCCCCCCCC(=O)NC(CO)C(O)CCCCCCCCCCCCCCC. The lowest BCUT2D eigenvalue weighted by Crippen LogP contribution is -2.45. The summed E-state index contributed by atoms with van der Waals surface area (Å²) in [5.41, 5.74) is 0. The Labute approximate surface area is 494 Å². The predicted octanol–water partition coefficient (Wildman–Crippen LogP) is 23.3. The van der Waals surface area contributed by atoms with Crippen LogP contribution in [0.5, 0.6) is 0 Å². The van der Waals surface area contributed by atoms with Crippen LogP contribution < -0.4 is 5.32 Å². The Morgan fingerprint density at radius 1 is 0.342 bits per heavy atom. The molecule has 2 unspecified atom stereocenters. The summed E-state index contributed by atoms with van der Waals surface area (Å²) in [7, 11) is 0. The molecule has 0 aliphatic carbocycles. The molecular formula is C73H141NO5. The molecule has 0 aliphatic rings. The average molecular weight is 1110 g/mol. The standard InChI is InChI=1S/C73H141NO5/c1-3-5-7-9-11-13-15-17-43-47-51-55-59-63-67-73(78)79-68-64-60-56-52-48-44-40-38-36-34-32-30-28-26-24-22-20-18-19-21-23-25-27-29-31-33-35-37-39-42-46-50-54-58-62-66-72(77)74-70(69-75)71(76)65-61-57-53-49-45-41-16-14-12-10-8-6-4-2/h15,17,20,22,70-71,75-76H,3-14,16,18-19,21,23-69H2,1-2H3,(H,74,77)/b17-15-,22-20-. The van der Waals surface area contributed by atoms with Gasteiger partial charge in [-0.25, -0.2) is 0 Å². The van der Waals surface area contributed by atoms with Crippen molar-refractivity contribution in [2.45, 2.75) is 418 Å². The van der Waals surface area contributed by atoms with Crippen LogP contribution in [0.15, 0.2) is 24.3 Å². The minimum absolute atomic E-state index is 0.0122. The highest BCUT2D eigenvalue weighted by Crippen LogP contribution is 2.19. The van der Waals surface area contributed by atoms with Crippen molar-refractivity contribution in [3.63, 3.8) is 0 Å². The fourth-order valence-electron chi connectivity index (χ4n) is 11.5. The van der Waals surface area contributed by atoms with Crippen LogP contribution in [0.1, 0.15) is 406 Å². The lowest BCUT2D eigenvalue weighted by atomic mass is 10.0. The van der Waals surface area contributed by atoms with Gasteiger partial charge in [-0.05, 0) is 77.0 Å². The molecule has 6 nitrogen and oxygen atoms in total. The van der Waals surface area contributed by atoms with Crippen LogP contribution in [0.4, 0.5) is 0 Å². The van der Waals surface area contributed by atoms with Crippen LogP contribution in [0.25, 0.3) is 0 Å². The van der Waals surface area contributed by atoms with Crippen LogP contribution >= 0.6 is 0 Å². The normalized spacial score (nSPS) is 12.6. The van der Waals surface area contributed by atoms with Gasteiger partial charge in [0.05, 0.1) is 25.4 Å². The zero-order chi connectivity index (χ0) is 57.1. The third kappa shape index (κ3) is 65.4. The van der Waals surface area contributed by atoms with Gasteiger partial charge in [0.1, 0.15) is 0 Å². The summed E-state index contributed by atoms with van der Waals surface area (Å²) in [6.45, 7) is 4.97. The van der Waals surface area contributed by atoms with Gasteiger partial charge in [0.2, 0.25) is 5.91 Å². The van der Waals surface area contributed by atoms with E-state index >= 15 is 0 Å². The van der Waals surface area contributed by atoms with Crippen molar-refractivity contribution in [1.82, 2.24) is 5.32 Å². The van der Waals surface area contributed by atoms with E-state index in [2.05, 4.69) is 43.5 Å². The maximum Gasteiger partial charge on any atom is 0.305 e. The first-order valence-electron chi connectivity index (χ1n) is 36.1. The molecule has 468 valence electrons. The number of carbonyl (C=O) groups excluding carboxylic acids is 2. The molecule has 0 aliphatic heterocycles. The highest BCUT2D eigenvalue weighted by Gasteiger charge is 2.20. The van der Waals surface area contributed by atoms with E-state index in [0.717, 1.165) is 44.9 Å². The average Bonchev–Trinajstić information content (AvgIpc) is 3.45. The van der Waals surface area contributed by atoms with Gasteiger partial charge < -0.3 is 20.3 Å². The highest BCUT2D eigenvalue weighted by molar-refractivity contribution is 5.76. The van der Waals surface area contributed by atoms with Gasteiger partial charge in [-0.1, -0.05) is 340 Å². The van der Waals surface area contributed by atoms with Crippen molar-refractivity contribution in [3.05, 3.63) is 24.3 Å². The number of allylic oxidation sites excluding steroid dienone is 4. The number of hydrogen-bond donors (Lipinski definition) is 3. The van der Waals surface area contributed by atoms with Crippen LogP contribution in [-0.4, -0.2) is 47.4 Å². The Morgan fingerprint density at radius 3 is 0.899 bits per heavy atom. The second-order valence-electron chi connectivity index (χ2n) is 24.9. The van der Waals surface area contributed by atoms with Gasteiger partial charge in [0.15, 0.2) is 0 Å². The maximum absolute atomic E-state index is 12.5. The Kier molecular flexibility index (Phi) is 67.4. The van der Waals surface area contributed by atoms with Gasteiger partial charge in [0, 0.05) is 12.8 Å². The second-order valence-corrected chi connectivity index (χ2v) is 24.9. The largest absolute Gasteiger partial charge is 0.466 e. The fourth-order valence-corrected chi connectivity index (χ4v) is 11.5. The molecule has 0 aromatic rings. The van der Waals surface area contributed by atoms with Gasteiger partial charge in [-0.2, -0.15) is 0 Å². The monoisotopic (exact) mass is 1110 g/mol. The van der Waals surface area contributed by atoms with Crippen molar-refractivity contribution >= 4 is 11.9 Å². The minimum atomic E-state index is -0.660. The maximum atomic E-state index is 12.5. The minimum Gasteiger partial charge on any atom is -0.466 e. The third-order valence-corrected chi connectivity index (χ3v) is 17.0. The number of amides is 1. The number of unbranched alkanes of at least 4 members (excludes halogenated alkanes) is 53. The molecule has 0 spiro atoms. The van der Waals surface area contributed by atoms with E-state index in [0.29, 0.717) is 25.9 Å². The number of aliphatic hydroxyl groups is 2. The summed E-state index contributed by atoms with van der Waals surface area (Å²) in [6, 6.07) is -0.537. The number of ether oxygens (including phenoxy) is 1. The number of nitrogens with one attached hydrogen (secondary N) is 1. The van der Waals surface area contributed by atoms with E-state index in [1.165, 1.54) is 327 Å². The lowest BCUT2D eigenvalue weighted by Gasteiger charge is -2.22. The van der Waals surface area contributed by atoms with Gasteiger partial charge in [0.25, 0.3) is 0 Å². The first-order chi connectivity index (χ1) is 39.0. The molecule has 0 rings (SSSR count). The summed E-state index contributed by atoms with van der Waals surface area (Å²) >= 11 is 0. The number of hydrogen-bond acceptors (Lipinski definition) is 5. The Hall–Kier alpha value is -1.66. The fraction of sp³-hybridized carbons (Fsp3) is 0.918. The lowest BCUT2D eigenvalue weighted by molar-refractivity contribution is -0.143. The summed E-state index contributed by atoms with van der Waals surface area (Å²) in [5, 5.41) is 23.3. The molecule has 0 saturated carbocycles.